The van der Waals surface area contributed by atoms with Crippen LogP contribution in [0.1, 0.15) is 56.3 Å². The fourth-order valence-corrected chi connectivity index (χ4v) is 5.34. The van der Waals surface area contributed by atoms with Crippen molar-refractivity contribution in [3.8, 4) is 0 Å². The molecule has 0 aliphatic carbocycles. The third-order valence-corrected chi connectivity index (χ3v) is 7.97. The van der Waals surface area contributed by atoms with Gasteiger partial charge < -0.3 is 10.2 Å². The Hall–Kier alpha value is -3.49. The van der Waals surface area contributed by atoms with E-state index >= 15 is 0 Å². The summed E-state index contributed by atoms with van der Waals surface area (Å²) >= 11 is 0. The predicted octanol–water partition coefficient (Wildman–Crippen LogP) is 4.85. The van der Waals surface area contributed by atoms with Crippen molar-refractivity contribution in [2.75, 3.05) is 13.1 Å². The number of sulfonamides is 1. The summed E-state index contributed by atoms with van der Waals surface area (Å²) in [6.07, 6.45) is 1.44. The van der Waals surface area contributed by atoms with Crippen molar-refractivity contribution in [2.45, 2.75) is 57.5 Å². The van der Waals surface area contributed by atoms with Gasteiger partial charge in [-0.15, -0.1) is 0 Å². The number of amides is 2. The van der Waals surface area contributed by atoms with E-state index in [1.807, 2.05) is 60.7 Å². The lowest BCUT2D eigenvalue weighted by molar-refractivity contribution is -0.141. The molecule has 0 saturated carbocycles. The Bertz CT molecular complexity index is 1290. The topological polar surface area (TPSA) is 95.6 Å². The Morgan fingerprint density at radius 1 is 0.846 bits per heavy atom. The predicted molar refractivity (Wildman–Crippen MR) is 154 cm³/mol. The van der Waals surface area contributed by atoms with Gasteiger partial charge in [-0.1, -0.05) is 93.6 Å². The van der Waals surface area contributed by atoms with Crippen LogP contribution in [0.3, 0.4) is 0 Å². The minimum absolute atomic E-state index is 0.156. The van der Waals surface area contributed by atoms with Crippen molar-refractivity contribution in [1.29, 1.82) is 0 Å². The third kappa shape index (κ3) is 9.04. The number of carbonyl (C=O) groups is 2. The van der Waals surface area contributed by atoms with Crippen molar-refractivity contribution >= 4 is 21.8 Å². The summed E-state index contributed by atoms with van der Waals surface area (Å²) in [6, 6.07) is 24.8. The SMILES string of the molecule is CCNS(=O)(=O)c1ccc(CCC(=O)N(Cc2ccccc2)C(C(=O)NCCC(C)C)c2ccccc2)cc1. The van der Waals surface area contributed by atoms with Gasteiger partial charge in [0.2, 0.25) is 21.8 Å². The number of hydrogen-bond donors (Lipinski definition) is 2. The smallest absolute Gasteiger partial charge is 0.247 e. The maximum Gasteiger partial charge on any atom is 0.247 e. The monoisotopic (exact) mass is 549 g/mol. The lowest BCUT2D eigenvalue weighted by Gasteiger charge is -2.32. The average Bonchev–Trinajstić information content (AvgIpc) is 2.92. The fourth-order valence-electron chi connectivity index (χ4n) is 4.30. The molecule has 2 N–H and O–H groups in total. The quantitative estimate of drug-likeness (QED) is 0.301. The van der Waals surface area contributed by atoms with Crippen LogP contribution in [0.5, 0.6) is 0 Å². The molecule has 0 bridgehead atoms. The molecule has 0 heterocycles. The molecular weight excluding hydrogens is 510 g/mol. The minimum Gasteiger partial charge on any atom is -0.354 e. The third-order valence-electron chi connectivity index (χ3n) is 6.41. The first kappa shape index (κ1) is 30.1. The summed E-state index contributed by atoms with van der Waals surface area (Å²) in [5.41, 5.74) is 2.53. The Labute approximate surface area is 232 Å². The van der Waals surface area contributed by atoms with Gasteiger partial charge in [-0.05, 0) is 47.6 Å². The van der Waals surface area contributed by atoms with Crippen LogP contribution in [-0.4, -0.2) is 38.2 Å². The van der Waals surface area contributed by atoms with Crippen LogP contribution in [0.4, 0.5) is 0 Å². The number of carbonyl (C=O) groups excluding carboxylic acids is 2. The van der Waals surface area contributed by atoms with Crippen LogP contribution in [0.15, 0.2) is 89.8 Å². The first-order chi connectivity index (χ1) is 18.7. The van der Waals surface area contributed by atoms with Crippen molar-refractivity contribution in [1.82, 2.24) is 14.9 Å². The molecule has 208 valence electrons. The van der Waals surface area contributed by atoms with E-state index in [1.165, 1.54) is 0 Å². The zero-order chi connectivity index (χ0) is 28.3. The van der Waals surface area contributed by atoms with E-state index in [1.54, 1.807) is 36.1 Å². The van der Waals surface area contributed by atoms with Crippen LogP contribution in [0, 0.1) is 5.92 Å². The van der Waals surface area contributed by atoms with E-state index < -0.39 is 16.1 Å². The second kappa shape index (κ2) is 14.6. The normalized spacial score (nSPS) is 12.2. The maximum absolute atomic E-state index is 13.8. The van der Waals surface area contributed by atoms with Crippen LogP contribution < -0.4 is 10.0 Å². The van der Waals surface area contributed by atoms with E-state index in [9.17, 15) is 18.0 Å². The van der Waals surface area contributed by atoms with E-state index in [-0.39, 0.29) is 29.7 Å². The Kier molecular flexibility index (Phi) is 11.3. The van der Waals surface area contributed by atoms with Gasteiger partial charge in [-0.2, -0.15) is 0 Å². The molecule has 0 aliphatic heterocycles. The van der Waals surface area contributed by atoms with Gasteiger partial charge in [0.15, 0.2) is 0 Å². The van der Waals surface area contributed by atoms with Crippen molar-refractivity contribution < 1.29 is 18.0 Å². The molecule has 2 amide bonds. The number of nitrogens with one attached hydrogen (secondary N) is 2. The molecule has 0 aliphatic rings. The molecular formula is C31H39N3O4S. The van der Waals surface area contributed by atoms with Gasteiger partial charge in [0.05, 0.1) is 4.90 Å². The van der Waals surface area contributed by atoms with Gasteiger partial charge in [0.1, 0.15) is 6.04 Å². The largest absolute Gasteiger partial charge is 0.354 e. The molecule has 7 nitrogen and oxygen atoms in total. The second-order valence-corrected chi connectivity index (χ2v) is 11.7. The first-order valence-corrected chi connectivity index (χ1v) is 14.9. The summed E-state index contributed by atoms with van der Waals surface area (Å²) in [5.74, 6) is 0.0850. The molecule has 0 aromatic heterocycles. The molecule has 1 atom stereocenters. The van der Waals surface area contributed by atoms with Crippen molar-refractivity contribution in [3.05, 3.63) is 102 Å². The summed E-state index contributed by atoms with van der Waals surface area (Å²) in [6.45, 7) is 7.07. The van der Waals surface area contributed by atoms with Gasteiger partial charge in [0.25, 0.3) is 0 Å². The number of rotatable bonds is 14. The minimum atomic E-state index is -3.54. The van der Waals surface area contributed by atoms with E-state index in [4.69, 9.17) is 0 Å². The highest BCUT2D eigenvalue weighted by Crippen LogP contribution is 2.25. The Balaban J connectivity index is 1.85. The zero-order valence-electron chi connectivity index (χ0n) is 23.0. The number of benzene rings is 3. The van der Waals surface area contributed by atoms with Crippen LogP contribution in [-0.2, 0) is 32.6 Å². The van der Waals surface area contributed by atoms with E-state index in [2.05, 4.69) is 23.9 Å². The molecule has 1 unspecified atom stereocenters. The first-order valence-electron chi connectivity index (χ1n) is 13.5. The second-order valence-electron chi connectivity index (χ2n) is 9.94. The molecule has 3 aromatic carbocycles. The highest BCUT2D eigenvalue weighted by Gasteiger charge is 2.31. The van der Waals surface area contributed by atoms with E-state index in [0.717, 1.165) is 23.1 Å². The summed E-state index contributed by atoms with van der Waals surface area (Å²) in [5, 5.41) is 3.04. The highest BCUT2D eigenvalue weighted by molar-refractivity contribution is 7.89. The average molecular weight is 550 g/mol. The molecule has 3 aromatic rings. The highest BCUT2D eigenvalue weighted by atomic mass is 32.2. The number of hydrogen-bond acceptors (Lipinski definition) is 4. The molecule has 0 saturated heterocycles. The number of nitrogens with zero attached hydrogens (tertiary/aromatic N) is 1. The standard InChI is InChI=1S/C31H39N3O4S/c1-4-33-39(37,38)28-18-15-25(16-19-28)17-20-29(35)34(23-26-11-7-5-8-12-26)30(27-13-9-6-10-14-27)31(36)32-22-21-24(2)3/h5-16,18-19,24,30,33H,4,17,20-23H2,1-3H3,(H,32,36). The molecule has 0 spiro atoms. The molecule has 0 fully saturated rings. The molecule has 3 rings (SSSR count). The lowest BCUT2D eigenvalue weighted by atomic mass is 10.0. The Morgan fingerprint density at radius 3 is 2.05 bits per heavy atom. The number of aryl methyl sites for hydroxylation is 1. The fraction of sp³-hybridized carbons (Fsp3) is 0.355. The summed E-state index contributed by atoms with van der Waals surface area (Å²) in [4.78, 5) is 29.2. The zero-order valence-corrected chi connectivity index (χ0v) is 23.8. The van der Waals surface area contributed by atoms with Crippen LogP contribution >= 0.6 is 0 Å². The van der Waals surface area contributed by atoms with Gasteiger partial charge >= 0.3 is 0 Å². The van der Waals surface area contributed by atoms with Crippen LogP contribution in [0.25, 0.3) is 0 Å². The molecule has 0 radical (unpaired) electrons. The summed E-state index contributed by atoms with van der Waals surface area (Å²) in [7, 11) is -3.54. The van der Waals surface area contributed by atoms with Gasteiger partial charge in [0, 0.05) is 26.1 Å². The van der Waals surface area contributed by atoms with Gasteiger partial charge in [-0.3, -0.25) is 9.59 Å². The van der Waals surface area contributed by atoms with E-state index in [0.29, 0.717) is 25.4 Å². The lowest BCUT2D eigenvalue weighted by Crippen LogP contribution is -2.43. The van der Waals surface area contributed by atoms with Gasteiger partial charge in [-0.25, -0.2) is 13.1 Å². The maximum atomic E-state index is 13.8. The van der Waals surface area contributed by atoms with Crippen molar-refractivity contribution in [3.63, 3.8) is 0 Å². The molecule has 8 heteroatoms. The van der Waals surface area contributed by atoms with Crippen LogP contribution in [0.2, 0.25) is 0 Å². The molecule has 39 heavy (non-hydrogen) atoms. The summed E-state index contributed by atoms with van der Waals surface area (Å²) < 4.78 is 27.0. The Morgan fingerprint density at radius 2 is 1.46 bits per heavy atom. The van der Waals surface area contributed by atoms with Crippen molar-refractivity contribution in [2.24, 2.45) is 5.92 Å².